The summed E-state index contributed by atoms with van der Waals surface area (Å²) in [7, 11) is 0. The first-order chi connectivity index (χ1) is 9.42. The molecular weight excluding hydrogens is 240 g/mol. The van der Waals surface area contributed by atoms with Crippen molar-refractivity contribution < 1.29 is 0 Å². The molecule has 0 N–H and O–H groups in total. The van der Waals surface area contributed by atoms with E-state index in [2.05, 4.69) is 72.1 Å². The molecule has 0 aromatic rings. The Bertz CT molecular complexity index is 439. The minimum Gasteiger partial charge on any atom is -0.0991 e. The molecule has 0 saturated carbocycles. The maximum absolute atomic E-state index is 4.14. The highest BCUT2D eigenvalue weighted by Gasteiger charge is 2.00. The Hall–Kier alpha value is -1.56. The van der Waals surface area contributed by atoms with E-state index in [9.17, 15) is 0 Å². The van der Waals surface area contributed by atoms with Crippen molar-refractivity contribution in [3.8, 4) is 0 Å². The van der Waals surface area contributed by atoms with Crippen LogP contribution in [0.4, 0.5) is 0 Å². The van der Waals surface area contributed by atoms with E-state index in [0.717, 1.165) is 12.8 Å². The molecular formula is C20H30. The highest BCUT2D eigenvalue weighted by atomic mass is 14.1. The molecule has 0 rings (SSSR count). The molecule has 0 amide bonds. The summed E-state index contributed by atoms with van der Waals surface area (Å²) in [5, 5.41) is 0. The standard InChI is InChI=1S/C20H30/c1-8-12-18(5)19(6)14-11-10-13-16(3)15-20(7)17(4)9-2/h8,10-12,14-15,17H,1,7,9,13H2,2-6H3/b11-10-,16-15+,18-12+,19-14+. The lowest BCUT2D eigenvalue weighted by atomic mass is 9.97. The van der Waals surface area contributed by atoms with Crippen molar-refractivity contribution >= 4 is 0 Å². The number of hydrogen-bond acceptors (Lipinski definition) is 0. The van der Waals surface area contributed by atoms with Gasteiger partial charge in [0.05, 0.1) is 0 Å². The zero-order valence-electron chi connectivity index (χ0n) is 13.9. The van der Waals surface area contributed by atoms with E-state index in [1.165, 1.54) is 22.3 Å². The Morgan fingerprint density at radius 2 is 1.70 bits per heavy atom. The summed E-state index contributed by atoms with van der Waals surface area (Å²) in [6, 6.07) is 0. The molecule has 0 heterocycles. The first kappa shape index (κ1) is 18.4. The summed E-state index contributed by atoms with van der Waals surface area (Å²) in [6.45, 7) is 18.7. The first-order valence-corrected chi connectivity index (χ1v) is 7.41. The SMILES string of the molecule is C=C/C=C(C)/C(C)=C/C=C\C/C(C)=C/C(=C)C(C)CC. The smallest absolute Gasteiger partial charge is 0.0135 e. The van der Waals surface area contributed by atoms with Gasteiger partial charge < -0.3 is 0 Å². The predicted molar refractivity (Wildman–Crippen MR) is 93.8 cm³/mol. The van der Waals surface area contributed by atoms with Gasteiger partial charge in [0.1, 0.15) is 0 Å². The maximum Gasteiger partial charge on any atom is -0.0135 e. The molecule has 0 aromatic carbocycles. The summed E-state index contributed by atoms with van der Waals surface area (Å²) in [6.07, 6.45) is 14.7. The molecule has 110 valence electrons. The molecule has 0 fully saturated rings. The molecule has 0 saturated heterocycles. The van der Waals surface area contributed by atoms with Gasteiger partial charge in [0.2, 0.25) is 0 Å². The fraction of sp³-hybridized carbons (Fsp3) is 0.400. The van der Waals surface area contributed by atoms with Crippen molar-refractivity contribution in [2.45, 2.75) is 47.5 Å². The van der Waals surface area contributed by atoms with E-state index in [1.54, 1.807) is 0 Å². The van der Waals surface area contributed by atoms with Crippen LogP contribution in [-0.2, 0) is 0 Å². The van der Waals surface area contributed by atoms with Gasteiger partial charge in [-0.05, 0) is 50.7 Å². The summed E-state index contributed by atoms with van der Waals surface area (Å²) < 4.78 is 0. The van der Waals surface area contributed by atoms with E-state index in [1.807, 2.05) is 12.2 Å². The van der Waals surface area contributed by atoms with E-state index in [4.69, 9.17) is 0 Å². The van der Waals surface area contributed by atoms with E-state index >= 15 is 0 Å². The molecule has 0 aromatic heterocycles. The molecule has 0 heteroatoms. The summed E-state index contributed by atoms with van der Waals surface area (Å²) in [5.74, 6) is 0.572. The molecule has 0 aliphatic carbocycles. The molecule has 0 aliphatic heterocycles. The van der Waals surface area contributed by atoms with Crippen LogP contribution in [0.25, 0.3) is 0 Å². The van der Waals surface area contributed by atoms with Crippen LogP contribution in [0.1, 0.15) is 47.5 Å². The summed E-state index contributed by atoms with van der Waals surface area (Å²) >= 11 is 0. The van der Waals surface area contributed by atoms with Gasteiger partial charge in [0.15, 0.2) is 0 Å². The van der Waals surface area contributed by atoms with Crippen molar-refractivity contribution in [2.24, 2.45) is 5.92 Å². The Labute approximate surface area is 126 Å². The monoisotopic (exact) mass is 270 g/mol. The van der Waals surface area contributed by atoms with Gasteiger partial charge in [-0.15, -0.1) is 0 Å². The molecule has 0 aliphatic rings. The van der Waals surface area contributed by atoms with Gasteiger partial charge in [-0.3, -0.25) is 0 Å². The van der Waals surface area contributed by atoms with Crippen molar-refractivity contribution in [1.82, 2.24) is 0 Å². The van der Waals surface area contributed by atoms with Gasteiger partial charge >= 0.3 is 0 Å². The Balaban J connectivity index is 4.48. The first-order valence-electron chi connectivity index (χ1n) is 7.41. The third kappa shape index (κ3) is 7.78. The van der Waals surface area contributed by atoms with Crippen LogP contribution in [0.15, 0.2) is 71.9 Å². The van der Waals surface area contributed by atoms with Crippen LogP contribution in [0, 0.1) is 5.92 Å². The molecule has 0 radical (unpaired) electrons. The van der Waals surface area contributed by atoms with Crippen LogP contribution < -0.4 is 0 Å². The lowest BCUT2D eigenvalue weighted by Gasteiger charge is -2.08. The zero-order chi connectivity index (χ0) is 15.5. The minimum atomic E-state index is 0.572. The van der Waals surface area contributed by atoms with Crippen LogP contribution >= 0.6 is 0 Å². The topological polar surface area (TPSA) is 0 Å². The van der Waals surface area contributed by atoms with Crippen LogP contribution in [0.3, 0.4) is 0 Å². The van der Waals surface area contributed by atoms with Gasteiger partial charge in [-0.1, -0.05) is 74.6 Å². The number of allylic oxidation sites excluding steroid dienone is 10. The molecule has 1 atom stereocenters. The molecule has 0 nitrogen and oxygen atoms in total. The second-order valence-corrected chi connectivity index (χ2v) is 5.44. The minimum absolute atomic E-state index is 0.572. The Kier molecular flexibility index (Phi) is 9.45. The summed E-state index contributed by atoms with van der Waals surface area (Å²) in [4.78, 5) is 0. The predicted octanol–water partition coefficient (Wildman–Crippen LogP) is 6.56. The van der Waals surface area contributed by atoms with Gasteiger partial charge in [-0.2, -0.15) is 0 Å². The highest BCUT2D eigenvalue weighted by molar-refractivity contribution is 5.32. The van der Waals surface area contributed by atoms with Crippen molar-refractivity contribution in [1.29, 1.82) is 0 Å². The quantitative estimate of drug-likeness (QED) is 0.438. The van der Waals surface area contributed by atoms with Crippen LogP contribution in [0.2, 0.25) is 0 Å². The van der Waals surface area contributed by atoms with E-state index < -0.39 is 0 Å². The molecule has 0 bridgehead atoms. The summed E-state index contributed by atoms with van der Waals surface area (Å²) in [5.41, 5.74) is 5.11. The average molecular weight is 270 g/mol. The average Bonchev–Trinajstić information content (AvgIpc) is 2.42. The highest BCUT2D eigenvalue weighted by Crippen LogP contribution is 2.16. The van der Waals surface area contributed by atoms with Crippen LogP contribution in [-0.4, -0.2) is 0 Å². The lowest BCUT2D eigenvalue weighted by Crippen LogP contribution is -1.93. The second-order valence-electron chi connectivity index (χ2n) is 5.44. The molecule has 0 spiro atoms. The molecule has 1 unspecified atom stereocenters. The normalized spacial score (nSPS) is 15.6. The number of rotatable bonds is 8. The van der Waals surface area contributed by atoms with E-state index in [-0.39, 0.29) is 0 Å². The van der Waals surface area contributed by atoms with E-state index in [0.29, 0.717) is 5.92 Å². The third-order valence-electron chi connectivity index (χ3n) is 3.59. The van der Waals surface area contributed by atoms with Gasteiger partial charge in [0.25, 0.3) is 0 Å². The second kappa shape index (κ2) is 10.3. The molecule has 20 heavy (non-hydrogen) atoms. The maximum atomic E-state index is 4.14. The zero-order valence-corrected chi connectivity index (χ0v) is 13.9. The van der Waals surface area contributed by atoms with Crippen molar-refractivity contribution in [2.75, 3.05) is 0 Å². The van der Waals surface area contributed by atoms with Gasteiger partial charge in [-0.25, -0.2) is 0 Å². The fourth-order valence-electron chi connectivity index (χ4n) is 1.69. The third-order valence-corrected chi connectivity index (χ3v) is 3.59. The lowest BCUT2D eigenvalue weighted by molar-refractivity contribution is 0.671. The Morgan fingerprint density at radius 1 is 1.10 bits per heavy atom. The van der Waals surface area contributed by atoms with Crippen molar-refractivity contribution in [3.05, 3.63) is 71.9 Å². The number of hydrogen-bond donors (Lipinski definition) is 0. The van der Waals surface area contributed by atoms with Crippen LogP contribution in [0.5, 0.6) is 0 Å². The van der Waals surface area contributed by atoms with Crippen molar-refractivity contribution in [3.63, 3.8) is 0 Å². The van der Waals surface area contributed by atoms with Gasteiger partial charge in [0, 0.05) is 0 Å². The largest absolute Gasteiger partial charge is 0.0991 e. The Morgan fingerprint density at radius 3 is 2.25 bits per heavy atom. The fourth-order valence-corrected chi connectivity index (χ4v) is 1.69.